The number of carbonyl (C=O) groups excluding carboxylic acids is 4. The van der Waals surface area contributed by atoms with Gasteiger partial charge in [0.15, 0.2) is 23.1 Å². The van der Waals surface area contributed by atoms with Crippen molar-refractivity contribution >= 4 is 64.7 Å². The van der Waals surface area contributed by atoms with Crippen LogP contribution < -0.4 is 0 Å². The van der Waals surface area contributed by atoms with Crippen molar-refractivity contribution in [2.24, 2.45) is 52.5 Å². The minimum Gasteiger partial charge on any atom is -0.507 e. The van der Waals surface area contributed by atoms with Gasteiger partial charge in [0.2, 0.25) is 0 Å². The van der Waals surface area contributed by atoms with Crippen LogP contribution in [-0.4, -0.2) is 106 Å². The number of carbonyl (C=O) groups is 4. The smallest absolute Gasteiger partial charge is 0.186 e. The second-order valence-electron chi connectivity index (χ2n) is 45.4. The Bertz CT molecular complexity index is 4640. The normalized spacial score (nSPS) is 16.5. The molecule has 5 aromatic carbocycles. The number of hydrogen-bond donors (Lipinski definition) is 5. The van der Waals surface area contributed by atoms with Crippen molar-refractivity contribution in [1.29, 1.82) is 0 Å². The Kier molecular flexibility index (Phi) is 42.1. The molecule has 127 heavy (non-hydrogen) atoms. The number of nitrogens with zero attached hydrogens (tertiary/aromatic N) is 4. The van der Waals surface area contributed by atoms with E-state index in [2.05, 4.69) is 250 Å². The van der Waals surface area contributed by atoms with Crippen LogP contribution in [0.4, 0.5) is 0 Å². The van der Waals surface area contributed by atoms with Gasteiger partial charge in [0.1, 0.15) is 28.7 Å². The van der Waals surface area contributed by atoms with Crippen LogP contribution in [0.2, 0.25) is 0 Å². The summed E-state index contributed by atoms with van der Waals surface area (Å²) in [5, 5.41) is 51.8. The molecule has 4 radical (unpaired) electrons. The third-order valence-electron chi connectivity index (χ3n) is 21.9. The summed E-state index contributed by atoms with van der Waals surface area (Å²) in [5.41, 5.74) is 13.8. The molecular weight excluding hydrogens is 1690 g/mol. The standard InChI is InChI=1S/C36H54N2O2.C28H40O2.C16H16N2O2.C14H20O2.C14H22O.BH2P.2Co.O2.H2/c1-33(2,3)25-17-23(31(39)27(19-25)35(7,8)9)21-37-29-15-13-14-16-30(29)38-22-24-18-26(34(4,5)6)20-28(32(24)40)36(10,11)12;1-25(2,3)19-13-17(14-20(23(19)29)26(4,5)6)18-15-21(27(7,8)9)24(30)22(16-18)28(10,11)12;19-15-7-3-1-5-13(15)11-17-9-10-18-12-14-6-2-4-8-16(14)20;1-13(2,3)10-7-9(15)8-11(12(10)16)14(4,5)6;1-13(2,3)10-8-7-9-11(12(10)15)14(4,5)6;1-2;;;1-2;/h17-22,29-30,39-40H,13-16H2,1-12H3;13-16H,1-12H3;1-8,11-12,19-20H,9-10H2;7-8H,1-6H3;7-9,15H,1-6H3;2H2;;;;1H/t29-,30-;;;;;;;;;/m1........./s1/i;;;;;;;;;1+2D. The summed E-state index contributed by atoms with van der Waals surface area (Å²) in [6.07, 6.45) is 22.3. The number of ketones is 4. The van der Waals surface area contributed by atoms with Gasteiger partial charge >= 0.3 is 0 Å². The monoisotopic (exact) mass is 1850 g/mol. The number of allylic oxidation sites excluding steroid dienone is 14. The van der Waals surface area contributed by atoms with E-state index < -0.39 is 0 Å². The molecule has 1 fully saturated rings. The van der Waals surface area contributed by atoms with Crippen molar-refractivity contribution in [3.05, 3.63) is 238 Å². The van der Waals surface area contributed by atoms with Crippen molar-refractivity contribution in [2.75, 3.05) is 13.1 Å². The van der Waals surface area contributed by atoms with Gasteiger partial charge < -0.3 is 25.5 Å². The van der Waals surface area contributed by atoms with E-state index in [4.69, 9.17) is 22.9 Å². The summed E-state index contributed by atoms with van der Waals surface area (Å²) in [6.45, 7) is 76.5. The van der Waals surface area contributed by atoms with Crippen LogP contribution in [0, 0.1) is 42.4 Å². The second kappa shape index (κ2) is 46.5. The number of aromatic hydroxyl groups is 5. The predicted octanol–water partition coefficient (Wildman–Crippen LogP) is 26.4. The largest absolute Gasteiger partial charge is 0.507 e. The van der Waals surface area contributed by atoms with E-state index in [1.807, 2.05) is 118 Å². The molecule has 1 saturated carbocycles. The molecule has 0 bridgehead atoms. The van der Waals surface area contributed by atoms with E-state index in [9.17, 15) is 44.7 Å². The summed E-state index contributed by atoms with van der Waals surface area (Å²) < 4.78 is 10.0. The first-order chi connectivity index (χ1) is 57.9. The van der Waals surface area contributed by atoms with E-state index in [1.165, 1.54) is 23.3 Å². The summed E-state index contributed by atoms with van der Waals surface area (Å²) in [4.78, 5) is 82.9. The Morgan fingerprint density at radius 3 is 0.827 bits per heavy atom. The molecule has 9 rings (SSSR count). The van der Waals surface area contributed by atoms with E-state index in [1.54, 1.807) is 48.8 Å². The molecule has 19 heteroatoms. The Morgan fingerprint density at radius 2 is 0.591 bits per heavy atom. The van der Waals surface area contributed by atoms with Crippen LogP contribution in [0.15, 0.2) is 192 Å². The Morgan fingerprint density at radius 1 is 0.339 bits per heavy atom. The Balaban J connectivity index is 0.00000163. The first kappa shape index (κ1) is 115. The average Bonchev–Trinajstić information content (AvgIpc) is 0.765. The number of hydrogen-bond acceptors (Lipinski definition) is 15. The molecule has 0 aromatic heterocycles. The minimum atomic E-state index is -0.280. The molecule has 0 saturated heterocycles. The first-order valence-corrected chi connectivity index (χ1v) is 44.5. The van der Waals surface area contributed by atoms with Crippen LogP contribution in [0.3, 0.4) is 0 Å². The number of phenolic OH excluding ortho intramolecular Hbond substituents is 5. The van der Waals surface area contributed by atoms with Crippen LogP contribution in [-0.2, 0) is 85.2 Å². The third-order valence-corrected chi connectivity index (χ3v) is 21.9. The number of rotatable bonds is 9. The van der Waals surface area contributed by atoms with Gasteiger partial charge in [-0.3, -0.25) is 39.1 Å². The van der Waals surface area contributed by atoms with Gasteiger partial charge in [-0.1, -0.05) is 317 Å². The number of phenols is 5. The fourth-order valence-electron chi connectivity index (χ4n) is 14.2. The Hall–Kier alpha value is -8.25. The molecule has 5 N–H and O–H groups in total. The van der Waals surface area contributed by atoms with Gasteiger partial charge in [-0.2, -0.15) is 9.12 Å². The third kappa shape index (κ3) is 34.5. The van der Waals surface area contributed by atoms with Crippen molar-refractivity contribution in [3.8, 4) is 28.7 Å². The van der Waals surface area contributed by atoms with Gasteiger partial charge in [-0.05, 0) is 184 Å². The van der Waals surface area contributed by atoms with E-state index in [0.29, 0.717) is 52.6 Å². The molecule has 0 heterocycles. The summed E-state index contributed by atoms with van der Waals surface area (Å²) in [6, 6.07) is 28.6. The fraction of sp³-hybridized carbons (Fsp3) is 0.519. The predicted molar refractivity (Wildman–Crippen MR) is 535 cm³/mol. The van der Waals surface area contributed by atoms with Crippen LogP contribution in [0.5, 0.6) is 28.7 Å². The van der Waals surface area contributed by atoms with Crippen molar-refractivity contribution in [1.82, 2.24) is 0 Å². The Labute approximate surface area is 792 Å². The number of para-hydroxylation sites is 3. The SMILES string of the molecule is CC(C)(C)C1=CC(=C2C=C(C(C)(C)C)C(=O)C(C(C)(C)C)=C2)C=C(C(C)(C)C)C1=O.CC(C)(C)C1=CC(=O)C=C(C(C)(C)C)C1=O.CC(C)(C)c1cc(C=N[C@@H]2CCCC[C@H]2N=Cc2cc(C(C)(C)C)cc(C(C)(C)C)c2O)c(O)c(C(C)(C)C)c1.CC(C)(C)c1cccc(C(C)(C)C)c1O.O=O.Oc1ccccc1C=NCCN=Cc1ccccc1O.[2H][3H].[B]P.[Co].[Co]. The van der Waals surface area contributed by atoms with E-state index in [-0.39, 0.29) is 145 Å². The zero-order valence-electron chi connectivity index (χ0n) is 85.6. The van der Waals surface area contributed by atoms with Crippen LogP contribution >= 0.6 is 9.12 Å². The van der Waals surface area contributed by atoms with E-state index >= 15 is 0 Å². The molecule has 3 atom stereocenters. The van der Waals surface area contributed by atoms with Crippen molar-refractivity contribution in [2.45, 2.75) is 320 Å². The van der Waals surface area contributed by atoms with E-state index in [0.717, 1.165) is 92.5 Å². The molecule has 15 nitrogen and oxygen atoms in total. The molecule has 1 unspecified atom stereocenters. The molecule has 0 amide bonds. The molecule has 4 aliphatic rings. The van der Waals surface area contributed by atoms with Gasteiger partial charge in [0.05, 0.1) is 32.7 Å². The zero-order chi connectivity index (χ0) is 98.5. The molecule has 5 aromatic rings. The minimum absolute atomic E-state index is 0. The fourth-order valence-corrected chi connectivity index (χ4v) is 14.2. The summed E-state index contributed by atoms with van der Waals surface area (Å²) >= 11 is 0. The van der Waals surface area contributed by atoms with Gasteiger partial charge in [0.25, 0.3) is 0 Å². The molecule has 4 aliphatic carbocycles. The summed E-state index contributed by atoms with van der Waals surface area (Å²) in [5.74, 6) is 1.73. The molecule has 700 valence electrons. The summed E-state index contributed by atoms with van der Waals surface area (Å²) in [7, 11) is 6.33. The van der Waals surface area contributed by atoms with Crippen LogP contribution in [0.1, 0.15) is 334 Å². The first-order valence-electron chi connectivity index (χ1n) is 44.8. The van der Waals surface area contributed by atoms with Crippen molar-refractivity contribution < 1.29 is 81.2 Å². The van der Waals surface area contributed by atoms with Gasteiger partial charge in [0, 0.05) is 138 Å². The maximum absolute atomic E-state index is 13.3. The zero-order valence-corrected chi connectivity index (χ0v) is 86.9. The number of benzene rings is 5. The van der Waals surface area contributed by atoms with Crippen LogP contribution in [0.25, 0.3) is 0 Å². The van der Waals surface area contributed by atoms with Gasteiger partial charge in [-0.15, -0.1) is 0 Å². The topological polar surface area (TPSA) is 253 Å². The number of Topliss-reactive ketones (excluding diaryl/α,β-unsaturated/α-hetero) is 3. The number of aliphatic imine (C=N–C) groups is 4. The molecule has 0 spiro atoms. The molecule has 0 aliphatic heterocycles. The van der Waals surface area contributed by atoms with Gasteiger partial charge in [-0.25, -0.2) is 0 Å². The average molecular weight is 1850 g/mol. The van der Waals surface area contributed by atoms with Crippen molar-refractivity contribution in [3.63, 3.8) is 0 Å². The quantitative estimate of drug-likeness (QED) is 0.0305. The molecular formula is C108H156BCo2N4O11P. The second-order valence-corrected chi connectivity index (χ2v) is 45.4. The maximum Gasteiger partial charge on any atom is 0.186 e. The maximum atomic E-state index is 13.3.